The maximum atomic E-state index is 8.97. The van der Waals surface area contributed by atoms with Crippen LogP contribution in [-0.4, -0.2) is 25.3 Å². The number of aromatic nitrogens is 4. The maximum Gasteiger partial charge on any atom is 0.228 e. The van der Waals surface area contributed by atoms with Gasteiger partial charge in [-0.2, -0.15) is 5.10 Å². The van der Waals surface area contributed by atoms with E-state index in [1.807, 2.05) is 6.07 Å². The van der Waals surface area contributed by atoms with Gasteiger partial charge in [0.25, 0.3) is 0 Å². The molecule has 3 rings (SSSR count). The lowest BCUT2D eigenvalue weighted by Gasteiger charge is -2.01. The number of aliphatic hydroxyl groups is 1. The molecule has 0 spiro atoms. The first-order valence-corrected chi connectivity index (χ1v) is 5.60. The van der Waals surface area contributed by atoms with Crippen molar-refractivity contribution in [2.75, 3.05) is 5.32 Å². The third kappa shape index (κ3) is 2.26. The van der Waals surface area contributed by atoms with Crippen molar-refractivity contribution in [1.29, 1.82) is 0 Å². The number of nitrogens with one attached hydrogen (secondary N) is 2. The molecule has 17 heavy (non-hydrogen) atoms. The van der Waals surface area contributed by atoms with Crippen molar-refractivity contribution in [3.8, 4) is 0 Å². The molecule has 6 nitrogen and oxygen atoms in total. The fourth-order valence-electron chi connectivity index (χ4n) is 1.66. The highest BCUT2D eigenvalue weighted by atomic mass is 16.3. The molecule has 0 atom stereocenters. The van der Waals surface area contributed by atoms with Crippen LogP contribution in [0.1, 0.15) is 30.1 Å². The van der Waals surface area contributed by atoms with E-state index in [4.69, 9.17) is 5.11 Å². The van der Waals surface area contributed by atoms with Crippen LogP contribution < -0.4 is 5.32 Å². The average molecular weight is 231 g/mol. The highest BCUT2D eigenvalue weighted by molar-refractivity contribution is 5.48. The van der Waals surface area contributed by atoms with Gasteiger partial charge in [-0.3, -0.25) is 5.10 Å². The van der Waals surface area contributed by atoms with Gasteiger partial charge in [0.2, 0.25) is 5.95 Å². The van der Waals surface area contributed by atoms with Crippen LogP contribution >= 0.6 is 0 Å². The Hall–Kier alpha value is -1.95. The largest absolute Gasteiger partial charge is 0.390 e. The molecule has 3 N–H and O–H groups in total. The molecule has 0 amide bonds. The zero-order valence-corrected chi connectivity index (χ0v) is 9.22. The van der Waals surface area contributed by atoms with E-state index in [-0.39, 0.29) is 6.61 Å². The second-order valence-electron chi connectivity index (χ2n) is 4.14. The Morgan fingerprint density at radius 1 is 1.47 bits per heavy atom. The quantitative estimate of drug-likeness (QED) is 0.738. The van der Waals surface area contributed by atoms with E-state index >= 15 is 0 Å². The van der Waals surface area contributed by atoms with E-state index < -0.39 is 0 Å². The van der Waals surface area contributed by atoms with E-state index in [0.717, 1.165) is 5.69 Å². The van der Waals surface area contributed by atoms with Gasteiger partial charge in [-0.15, -0.1) is 0 Å². The SMILES string of the molecule is OCc1ccnc(Nc2cc(C3CC3)[nH]n2)n1. The molecule has 1 saturated carbocycles. The van der Waals surface area contributed by atoms with Crippen molar-refractivity contribution in [3.05, 3.63) is 29.7 Å². The predicted octanol–water partition coefficient (Wildman–Crippen LogP) is 1.31. The summed E-state index contributed by atoms with van der Waals surface area (Å²) in [5, 5.41) is 19.1. The van der Waals surface area contributed by atoms with Gasteiger partial charge in [0.15, 0.2) is 5.82 Å². The van der Waals surface area contributed by atoms with E-state index in [0.29, 0.717) is 23.4 Å². The van der Waals surface area contributed by atoms with Crippen molar-refractivity contribution in [1.82, 2.24) is 20.2 Å². The van der Waals surface area contributed by atoms with Gasteiger partial charge in [-0.05, 0) is 18.9 Å². The number of aromatic amines is 1. The second-order valence-corrected chi connectivity index (χ2v) is 4.14. The number of aliphatic hydroxyl groups excluding tert-OH is 1. The van der Waals surface area contributed by atoms with Crippen molar-refractivity contribution in [2.45, 2.75) is 25.4 Å². The van der Waals surface area contributed by atoms with Gasteiger partial charge in [-0.1, -0.05) is 0 Å². The summed E-state index contributed by atoms with van der Waals surface area (Å²) in [6, 6.07) is 3.65. The Morgan fingerprint density at radius 3 is 3.12 bits per heavy atom. The molecule has 0 aliphatic heterocycles. The lowest BCUT2D eigenvalue weighted by Crippen LogP contribution is -1.99. The van der Waals surface area contributed by atoms with Crippen LogP contribution in [0.25, 0.3) is 0 Å². The van der Waals surface area contributed by atoms with Crippen LogP contribution in [0.4, 0.5) is 11.8 Å². The first-order chi connectivity index (χ1) is 8.35. The van der Waals surface area contributed by atoms with Crippen LogP contribution in [0.15, 0.2) is 18.3 Å². The summed E-state index contributed by atoms with van der Waals surface area (Å²) in [7, 11) is 0. The fourth-order valence-corrected chi connectivity index (χ4v) is 1.66. The Bertz CT molecular complexity index is 520. The van der Waals surface area contributed by atoms with E-state index in [1.54, 1.807) is 12.3 Å². The molecule has 1 aliphatic carbocycles. The van der Waals surface area contributed by atoms with Crippen LogP contribution in [-0.2, 0) is 6.61 Å². The van der Waals surface area contributed by atoms with E-state index in [9.17, 15) is 0 Å². The highest BCUT2D eigenvalue weighted by Crippen LogP contribution is 2.39. The lowest BCUT2D eigenvalue weighted by atomic mass is 10.3. The van der Waals surface area contributed by atoms with E-state index in [1.165, 1.54) is 12.8 Å². The molecule has 88 valence electrons. The predicted molar refractivity (Wildman–Crippen MR) is 61.8 cm³/mol. The Morgan fingerprint density at radius 2 is 2.35 bits per heavy atom. The molecule has 1 aliphatic rings. The summed E-state index contributed by atoms with van der Waals surface area (Å²) in [5.74, 6) is 1.80. The molecule has 0 unspecified atom stereocenters. The van der Waals surface area contributed by atoms with Gasteiger partial charge in [0, 0.05) is 23.9 Å². The first-order valence-electron chi connectivity index (χ1n) is 5.60. The minimum Gasteiger partial charge on any atom is -0.390 e. The number of anilines is 2. The summed E-state index contributed by atoms with van der Waals surface area (Å²) in [6.07, 6.45) is 4.08. The summed E-state index contributed by atoms with van der Waals surface area (Å²) in [4.78, 5) is 8.20. The molecule has 0 bridgehead atoms. The molecule has 0 saturated heterocycles. The van der Waals surface area contributed by atoms with Gasteiger partial charge >= 0.3 is 0 Å². The number of hydrogen-bond donors (Lipinski definition) is 3. The van der Waals surface area contributed by atoms with Crippen molar-refractivity contribution < 1.29 is 5.11 Å². The minimum atomic E-state index is -0.0922. The standard InChI is InChI=1S/C11H13N5O/c17-6-8-3-4-12-11(13-8)14-10-5-9(15-16-10)7-1-2-7/h3-5,7,17H,1-2,6H2,(H2,12,13,14,15,16). The zero-order chi connectivity index (χ0) is 11.7. The molecule has 2 heterocycles. The molecule has 2 aromatic rings. The molecular formula is C11H13N5O. The van der Waals surface area contributed by atoms with Crippen LogP contribution in [0.2, 0.25) is 0 Å². The first kappa shape index (κ1) is 10.2. The van der Waals surface area contributed by atoms with Crippen LogP contribution in [0, 0.1) is 0 Å². The Labute approximate surface area is 98.1 Å². The summed E-state index contributed by atoms with van der Waals surface area (Å²) < 4.78 is 0. The van der Waals surface area contributed by atoms with Crippen molar-refractivity contribution >= 4 is 11.8 Å². The summed E-state index contributed by atoms with van der Waals surface area (Å²) in [5.41, 5.74) is 1.74. The lowest BCUT2D eigenvalue weighted by molar-refractivity contribution is 0.277. The fraction of sp³-hybridized carbons (Fsp3) is 0.364. The topological polar surface area (TPSA) is 86.7 Å². The number of hydrogen-bond acceptors (Lipinski definition) is 5. The smallest absolute Gasteiger partial charge is 0.228 e. The van der Waals surface area contributed by atoms with Crippen LogP contribution in [0.3, 0.4) is 0 Å². The van der Waals surface area contributed by atoms with Crippen molar-refractivity contribution in [3.63, 3.8) is 0 Å². The molecular weight excluding hydrogens is 218 g/mol. The number of nitrogens with zero attached hydrogens (tertiary/aromatic N) is 3. The second kappa shape index (κ2) is 4.14. The molecule has 2 aromatic heterocycles. The zero-order valence-electron chi connectivity index (χ0n) is 9.22. The number of H-pyrrole nitrogens is 1. The molecule has 6 heteroatoms. The summed E-state index contributed by atoms with van der Waals surface area (Å²) in [6.45, 7) is -0.0922. The highest BCUT2D eigenvalue weighted by Gasteiger charge is 2.25. The van der Waals surface area contributed by atoms with Crippen molar-refractivity contribution in [2.24, 2.45) is 0 Å². The molecule has 1 fully saturated rings. The van der Waals surface area contributed by atoms with Gasteiger partial charge in [-0.25, -0.2) is 9.97 Å². The van der Waals surface area contributed by atoms with E-state index in [2.05, 4.69) is 25.5 Å². The third-order valence-electron chi connectivity index (χ3n) is 2.73. The Kier molecular flexibility index (Phi) is 2.49. The normalized spacial score (nSPS) is 14.9. The van der Waals surface area contributed by atoms with Gasteiger partial charge in [0.1, 0.15) is 0 Å². The third-order valence-corrected chi connectivity index (χ3v) is 2.73. The molecule has 0 aromatic carbocycles. The Balaban J connectivity index is 1.75. The molecule has 0 radical (unpaired) electrons. The number of rotatable bonds is 4. The van der Waals surface area contributed by atoms with Gasteiger partial charge < -0.3 is 10.4 Å². The minimum absolute atomic E-state index is 0.0922. The summed E-state index contributed by atoms with van der Waals surface area (Å²) >= 11 is 0. The monoisotopic (exact) mass is 231 g/mol. The van der Waals surface area contributed by atoms with Crippen LogP contribution in [0.5, 0.6) is 0 Å². The maximum absolute atomic E-state index is 8.97. The van der Waals surface area contributed by atoms with Gasteiger partial charge in [0.05, 0.1) is 12.3 Å². The average Bonchev–Trinajstić information content (AvgIpc) is 3.11.